The van der Waals surface area contributed by atoms with Gasteiger partial charge in [0.15, 0.2) is 6.04 Å². The van der Waals surface area contributed by atoms with Crippen LogP contribution in [0.3, 0.4) is 0 Å². The highest BCUT2D eigenvalue weighted by molar-refractivity contribution is 7.80. The first-order chi connectivity index (χ1) is 15.3. The van der Waals surface area contributed by atoms with Crippen molar-refractivity contribution in [1.29, 1.82) is 0 Å². The molecule has 1 aromatic rings. The molecule has 0 spiro atoms. The fourth-order valence-electron chi connectivity index (χ4n) is 3.43. The number of hydrogen-bond donors (Lipinski definition) is 5. The molecule has 1 amide bonds. The summed E-state index contributed by atoms with van der Waals surface area (Å²) in [4.78, 5) is 30.7. The van der Waals surface area contributed by atoms with Crippen LogP contribution in [0.1, 0.15) is 51.0 Å². The SMILES string of the molecule is CCC[C@@H](CNCC(N)CS)CON(C(=O)C[C@H](C)c1ccccc1)C(CCO)C(=O)O. The molecule has 5 N–H and O–H groups in total. The molecule has 0 saturated heterocycles. The number of carbonyl (C=O) groups is 2. The Kier molecular flexibility index (Phi) is 14.2. The summed E-state index contributed by atoms with van der Waals surface area (Å²) in [6.45, 7) is 5.06. The van der Waals surface area contributed by atoms with Crippen molar-refractivity contribution in [3.63, 3.8) is 0 Å². The Balaban J connectivity index is 2.87. The number of carbonyl (C=O) groups excluding carboxylic acids is 1. The highest BCUT2D eigenvalue weighted by Crippen LogP contribution is 2.22. The smallest absolute Gasteiger partial charge is 0.329 e. The first-order valence-corrected chi connectivity index (χ1v) is 11.9. The standard InChI is InChI=1S/C23H39N3O5S/c1-3-7-18(13-25-14-20(24)16-32)15-31-26(21(10-11-27)23(29)30)22(28)12-17(2)19-8-5-4-6-9-19/h4-6,8-9,17-18,20-21,25,27,32H,3,7,10-16,24H2,1-2H3,(H,29,30)/t17-,18-,20?,21?/m0/s1. The van der Waals surface area contributed by atoms with Crippen LogP contribution in [-0.4, -0.2) is 71.3 Å². The summed E-state index contributed by atoms with van der Waals surface area (Å²) >= 11 is 4.18. The second-order valence-corrected chi connectivity index (χ2v) is 8.52. The summed E-state index contributed by atoms with van der Waals surface area (Å²) in [6, 6.07) is 8.27. The van der Waals surface area contributed by atoms with E-state index in [1.54, 1.807) is 0 Å². The van der Waals surface area contributed by atoms with Crippen molar-refractivity contribution in [3.8, 4) is 0 Å². The minimum Gasteiger partial charge on any atom is -0.480 e. The zero-order valence-electron chi connectivity index (χ0n) is 19.2. The third kappa shape index (κ3) is 10.3. The second kappa shape index (κ2) is 16.0. The van der Waals surface area contributed by atoms with Crippen molar-refractivity contribution >= 4 is 24.5 Å². The van der Waals surface area contributed by atoms with Gasteiger partial charge in [-0.15, -0.1) is 0 Å². The Hall–Kier alpha value is -1.65. The molecule has 0 aromatic heterocycles. The van der Waals surface area contributed by atoms with E-state index in [-0.39, 0.29) is 43.9 Å². The summed E-state index contributed by atoms with van der Waals surface area (Å²) in [5, 5.41) is 23.2. The van der Waals surface area contributed by atoms with Crippen LogP contribution in [-0.2, 0) is 14.4 Å². The maximum absolute atomic E-state index is 13.1. The van der Waals surface area contributed by atoms with Gasteiger partial charge in [0.1, 0.15) is 0 Å². The molecule has 182 valence electrons. The molecule has 0 saturated carbocycles. The van der Waals surface area contributed by atoms with E-state index >= 15 is 0 Å². The minimum absolute atomic E-state index is 0.0555. The predicted molar refractivity (Wildman–Crippen MR) is 128 cm³/mol. The van der Waals surface area contributed by atoms with Crippen LogP contribution < -0.4 is 11.1 Å². The Morgan fingerprint density at radius 2 is 1.91 bits per heavy atom. The number of hydroxylamine groups is 2. The topological polar surface area (TPSA) is 125 Å². The van der Waals surface area contributed by atoms with Gasteiger partial charge in [-0.1, -0.05) is 50.6 Å². The summed E-state index contributed by atoms with van der Waals surface area (Å²) in [5.41, 5.74) is 6.87. The number of carboxylic acid groups (broad SMARTS) is 1. The lowest BCUT2D eigenvalue weighted by molar-refractivity contribution is -0.213. The molecule has 0 heterocycles. The normalized spacial score (nSPS) is 15.0. The van der Waals surface area contributed by atoms with Crippen molar-refractivity contribution in [1.82, 2.24) is 10.4 Å². The fourth-order valence-corrected chi connectivity index (χ4v) is 3.56. The third-order valence-corrected chi connectivity index (χ3v) is 5.76. The number of aliphatic hydroxyl groups is 1. The third-order valence-electron chi connectivity index (χ3n) is 5.29. The van der Waals surface area contributed by atoms with Crippen molar-refractivity contribution in [2.24, 2.45) is 11.7 Å². The molecule has 32 heavy (non-hydrogen) atoms. The van der Waals surface area contributed by atoms with Crippen molar-refractivity contribution < 1.29 is 24.6 Å². The first kappa shape index (κ1) is 28.4. The quantitative estimate of drug-likeness (QED) is 0.175. The molecule has 1 aromatic carbocycles. The van der Waals surface area contributed by atoms with Crippen LogP contribution in [0.5, 0.6) is 0 Å². The molecule has 2 unspecified atom stereocenters. The molecule has 0 radical (unpaired) electrons. The van der Waals surface area contributed by atoms with E-state index in [9.17, 15) is 19.8 Å². The number of rotatable bonds is 17. The van der Waals surface area contributed by atoms with Gasteiger partial charge in [0.25, 0.3) is 0 Å². The number of carboxylic acids is 1. The Bertz CT molecular complexity index is 664. The monoisotopic (exact) mass is 469 g/mol. The Morgan fingerprint density at radius 3 is 2.47 bits per heavy atom. The molecule has 0 aliphatic carbocycles. The van der Waals surface area contributed by atoms with E-state index in [0.717, 1.165) is 23.5 Å². The average molecular weight is 470 g/mol. The maximum Gasteiger partial charge on any atom is 0.329 e. The minimum atomic E-state index is -1.25. The number of thiol groups is 1. The van der Waals surface area contributed by atoms with E-state index in [1.165, 1.54) is 0 Å². The number of hydrogen-bond acceptors (Lipinski definition) is 7. The number of nitrogens with one attached hydrogen (secondary N) is 1. The number of aliphatic hydroxyl groups excluding tert-OH is 1. The summed E-state index contributed by atoms with van der Waals surface area (Å²) in [6.07, 6.45) is 1.77. The summed E-state index contributed by atoms with van der Waals surface area (Å²) in [7, 11) is 0. The highest BCUT2D eigenvalue weighted by atomic mass is 32.1. The van der Waals surface area contributed by atoms with Gasteiger partial charge in [0, 0.05) is 44.3 Å². The van der Waals surface area contributed by atoms with Gasteiger partial charge in [-0.05, 0) is 23.8 Å². The molecule has 9 heteroatoms. The molecule has 4 atom stereocenters. The van der Waals surface area contributed by atoms with Crippen molar-refractivity contribution in [3.05, 3.63) is 35.9 Å². The molecule has 0 aliphatic heterocycles. The van der Waals surface area contributed by atoms with Crippen LogP contribution in [0.25, 0.3) is 0 Å². The van der Waals surface area contributed by atoms with E-state index in [2.05, 4.69) is 24.9 Å². The number of aliphatic carboxylic acids is 1. The van der Waals surface area contributed by atoms with Crippen LogP contribution in [0.2, 0.25) is 0 Å². The van der Waals surface area contributed by atoms with Crippen molar-refractivity contribution in [2.45, 2.75) is 57.5 Å². The number of nitrogens with two attached hydrogens (primary N) is 1. The van der Waals surface area contributed by atoms with E-state index in [0.29, 0.717) is 18.8 Å². The van der Waals surface area contributed by atoms with Gasteiger partial charge in [-0.2, -0.15) is 12.6 Å². The van der Waals surface area contributed by atoms with Gasteiger partial charge in [0.2, 0.25) is 5.91 Å². The Labute approximate surface area is 196 Å². The number of benzene rings is 1. The van der Waals surface area contributed by atoms with Gasteiger partial charge in [-0.25, -0.2) is 9.86 Å². The lowest BCUT2D eigenvalue weighted by Gasteiger charge is -2.30. The molecule has 0 bridgehead atoms. The first-order valence-electron chi connectivity index (χ1n) is 11.2. The second-order valence-electron chi connectivity index (χ2n) is 8.15. The van der Waals surface area contributed by atoms with Gasteiger partial charge in [0.05, 0.1) is 6.61 Å². The predicted octanol–water partition coefficient (Wildman–Crippen LogP) is 2.04. The van der Waals surface area contributed by atoms with Crippen LogP contribution in [0.15, 0.2) is 30.3 Å². The largest absolute Gasteiger partial charge is 0.480 e. The molecule has 0 aliphatic rings. The maximum atomic E-state index is 13.1. The zero-order chi connectivity index (χ0) is 23.9. The van der Waals surface area contributed by atoms with E-state index in [1.807, 2.05) is 37.3 Å². The van der Waals surface area contributed by atoms with Crippen LogP contribution in [0.4, 0.5) is 0 Å². The highest BCUT2D eigenvalue weighted by Gasteiger charge is 2.32. The lowest BCUT2D eigenvalue weighted by Crippen LogP contribution is -2.47. The molecule has 0 fully saturated rings. The van der Waals surface area contributed by atoms with Crippen LogP contribution in [0, 0.1) is 5.92 Å². The fraction of sp³-hybridized carbons (Fsp3) is 0.652. The average Bonchev–Trinajstić information content (AvgIpc) is 2.78. The molecule has 8 nitrogen and oxygen atoms in total. The molecular weight excluding hydrogens is 430 g/mol. The summed E-state index contributed by atoms with van der Waals surface area (Å²) < 4.78 is 0. The number of nitrogens with zero attached hydrogens (tertiary/aromatic N) is 1. The summed E-state index contributed by atoms with van der Waals surface area (Å²) in [5.74, 6) is -1.07. The Morgan fingerprint density at radius 1 is 1.22 bits per heavy atom. The van der Waals surface area contributed by atoms with E-state index in [4.69, 9.17) is 10.6 Å². The molecule has 1 rings (SSSR count). The van der Waals surface area contributed by atoms with Gasteiger partial charge >= 0.3 is 5.97 Å². The zero-order valence-corrected chi connectivity index (χ0v) is 20.0. The number of amides is 1. The van der Waals surface area contributed by atoms with Gasteiger partial charge in [-0.3, -0.25) is 9.63 Å². The van der Waals surface area contributed by atoms with E-state index < -0.39 is 17.9 Å². The molecular formula is C23H39N3O5S. The van der Waals surface area contributed by atoms with Gasteiger partial charge < -0.3 is 21.3 Å². The lowest BCUT2D eigenvalue weighted by atomic mass is 9.97. The van der Waals surface area contributed by atoms with Crippen LogP contribution >= 0.6 is 12.6 Å². The van der Waals surface area contributed by atoms with Crippen molar-refractivity contribution in [2.75, 3.05) is 32.1 Å².